The number of nitrogens with zero attached hydrogens (tertiary/aromatic N) is 2. The summed E-state index contributed by atoms with van der Waals surface area (Å²) in [5.41, 5.74) is 5.35. The maximum atomic E-state index is 13.6. The highest BCUT2D eigenvalue weighted by Crippen LogP contribution is 2.33. The number of anilines is 1. The zero-order chi connectivity index (χ0) is 29.6. The highest BCUT2D eigenvalue weighted by molar-refractivity contribution is 5.97. The molecule has 0 spiro atoms. The summed E-state index contributed by atoms with van der Waals surface area (Å²) in [6.45, 7) is 11.0. The molecular formula is C33H46N4O4. The number of amides is 2. The molecule has 1 fully saturated rings. The van der Waals surface area contributed by atoms with Crippen molar-refractivity contribution in [2.45, 2.75) is 104 Å². The van der Waals surface area contributed by atoms with Gasteiger partial charge in [-0.2, -0.15) is 0 Å². The largest absolute Gasteiger partial charge is 0.481 e. The summed E-state index contributed by atoms with van der Waals surface area (Å²) in [6, 6.07) is 8.60. The van der Waals surface area contributed by atoms with Gasteiger partial charge in [-0.25, -0.2) is 9.78 Å². The first-order chi connectivity index (χ1) is 19.6. The van der Waals surface area contributed by atoms with Crippen LogP contribution < -0.4 is 20.3 Å². The topological polar surface area (TPSA) is 92.8 Å². The number of alkyl carbamates (subject to hydrolysis) is 1. The Labute approximate surface area is 244 Å². The van der Waals surface area contributed by atoms with E-state index in [1.165, 1.54) is 0 Å². The van der Waals surface area contributed by atoms with Gasteiger partial charge in [-0.1, -0.05) is 18.2 Å². The lowest BCUT2D eigenvalue weighted by Crippen LogP contribution is -2.45. The van der Waals surface area contributed by atoms with Crippen LogP contribution in [0.15, 0.2) is 36.4 Å². The number of rotatable bonds is 5. The molecule has 2 heterocycles. The fraction of sp³-hybridized carbons (Fsp3) is 0.545. The van der Waals surface area contributed by atoms with E-state index in [1.54, 1.807) is 7.11 Å². The number of aromatic nitrogens is 1. The zero-order valence-electron chi connectivity index (χ0n) is 25.5. The van der Waals surface area contributed by atoms with E-state index in [0.29, 0.717) is 30.5 Å². The molecule has 2 N–H and O–H groups in total. The molecule has 2 aromatic rings. The third kappa shape index (κ3) is 7.80. The summed E-state index contributed by atoms with van der Waals surface area (Å²) in [5, 5.41) is 6.21. The molecule has 2 aliphatic rings. The molecule has 2 amide bonds. The summed E-state index contributed by atoms with van der Waals surface area (Å²) < 4.78 is 11.0. The Morgan fingerprint density at radius 3 is 2.59 bits per heavy atom. The van der Waals surface area contributed by atoms with Crippen molar-refractivity contribution in [3.05, 3.63) is 64.4 Å². The van der Waals surface area contributed by atoms with Crippen LogP contribution in [0.3, 0.4) is 0 Å². The second-order valence-corrected chi connectivity index (χ2v) is 12.0. The molecule has 0 bridgehead atoms. The number of carbonyl (C=O) groups excluding carboxylic acids is 2. The molecule has 0 atom stereocenters. The minimum atomic E-state index is -0.507. The monoisotopic (exact) mass is 562 g/mol. The predicted molar refractivity (Wildman–Crippen MR) is 163 cm³/mol. The van der Waals surface area contributed by atoms with Gasteiger partial charge in [0.05, 0.1) is 7.11 Å². The number of fused-ring (bicyclic) bond motifs is 2. The third-order valence-corrected chi connectivity index (χ3v) is 7.90. The van der Waals surface area contributed by atoms with Crippen LogP contribution in [0.25, 0.3) is 0 Å². The van der Waals surface area contributed by atoms with E-state index >= 15 is 0 Å². The van der Waals surface area contributed by atoms with Crippen molar-refractivity contribution in [2.24, 2.45) is 0 Å². The molecule has 222 valence electrons. The average Bonchev–Trinajstić information content (AvgIpc) is 2.91. The van der Waals surface area contributed by atoms with Crippen molar-refractivity contribution in [1.29, 1.82) is 0 Å². The average molecular weight is 563 g/mol. The Kier molecular flexibility index (Phi) is 9.94. The summed E-state index contributed by atoms with van der Waals surface area (Å²) in [6.07, 6.45) is 10.2. The van der Waals surface area contributed by atoms with E-state index in [2.05, 4.69) is 51.7 Å². The van der Waals surface area contributed by atoms with E-state index in [-0.39, 0.29) is 18.0 Å². The van der Waals surface area contributed by atoms with Gasteiger partial charge >= 0.3 is 6.09 Å². The summed E-state index contributed by atoms with van der Waals surface area (Å²) in [5.74, 6) is 0.481. The van der Waals surface area contributed by atoms with Crippen molar-refractivity contribution in [1.82, 2.24) is 15.6 Å². The second kappa shape index (κ2) is 13.4. The quantitative estimate of drug-likeness (QED) is 0.432. The Balaban J connectivity index is 1.54. The van der Waals surface area contributed by atoms with Gasteiger partial charge in [-0.3, -0.25) is 4.79 Å². The van der Waals surface area contributed by atoms with E-state index in [4.69, 9.17) is 9.47 Å². The molecule has 1 saturated carbocycles. The Morgan fingerprint density at radius 1 is 1.15 bits per heavy atom. The van der Waals surface area contributed by atoms with Crippen LogP contribution in [-0.2, 0) is 24.1 Å². The van der Waals surface area contributed by atoms with Gasteiger partial charge in [0.2, 0.25) is 5.88 Å². The van der Waals surface area contributed by atoms with Crippen molar-refractivity contribution >= 4 is 17.7 Å². The van der Waals surface area contributed by atoms with Gasteiger partial charge in [0.1, 0.15) is 5.60 Å². The standard InChI is InChI=1S/C33H46N4O4/c1-7-37(25-18-16-24(17-19-25)36-32(39)41-33(3,4)5)29-15-11-14-27-26(29)13-10-8-9-12-23-20-22(2)35-31(40-6)28(23)21-34-30(27)38/h8,10-11,14-15,20,24-25H,7,9,12-13,16-19,21H2,1-6H3,(H,34,38)(H,36,39)/b10-8+. The number of pyridine rings is 1. The lowest BCUT2D eigenvalue weighted by molar-refractivity contribution is 0.0491. The number of hydrogen-bond acceptors (Lipinski definition) is 6. The van der Waals surface area contributed by atoms with Gasteiger partial charge in [-0.15, -0.1) is 0 Å². The van der Waals surface area contributed by atoms with Gasteiger partial charge in [-0.05, 0) is 109 Å². The first-order valence-corrected chi connectivity index (χ1v) is 14.9. The SMILES string of the molecule is CCN(c1cccc2c1C/C=C/CCc1cc(C)nc(OC)c1CNC2=O)C1CCC(NC(=O)OC(C)(C)C)CC1. The molecule has 8 nitrogen and oxygen atoms in total. The summed E-state index contributed by atoms with van der Waals surface area (Å²) in [4.78, 5) is 32.9. The van der Waals surface area contributed by atoms with Crippen LogP contribution in [0.2, 0.25) is 0 Å². The van der Waals surface area contributed by atoms with Crippen LogP contribution >= 0.6 is 0 Å². The number of methoxy groups -OCH3 is 1. The molecule has 1 aromatic carbocycles. The van der Waals surface area contributed by atoms with Crippen LogP contribution in [0.4, 0.5) is 10.5 Å². The van der Waals surface area contributed by atoms with Gasteiger partial charge < -0.3 is 25.0 Å². The summed E-state index contributed by atoms with van der Waals surface area (Å²) in [7, 11) is 1.63. The third-order valence-electron chi connectivity index (χ3n) is 7.90. The van der Waals surface area contributed by atoms with Crippen LogP contribution in [0.5, 0.6) is 5.88 Å². The Bertz CT molecular complexity index is 1260. The number of aryl methyl sites for hydroxylation is 2. The van der Waals surface area contributed by atoms with E-state index in [9.17, 15) is 9.59 Å². The molecule has 0 saturated heterocycles. The van der Waals surface area contributed by atoms with Crippen LogP contribution in [0.1, 0.15) is 92.5 Å². The molecule has 0 unspecified atom stereocenters. The molecule has 1 aromatic heterocycles. The number of allylic oxidation sites excluding steroid dienone is 2. The van der Waals surface area contributed by atoms with E-state index in [0.717, 1.165) is 73.1 Å². The van der Waals surface area contributed by atoms with Gasteiger partial charge in [0.25, 0.3) is 5.91 Å². The highest BCUT2D eigenvalue weighted by Gasteiger charge is 2.29. The zero-order valence-corrected chi connectivity index (χ0v) is 25.5. The fourth-order valence-corrected chi connectivity index (χ4v) is 6.04. The maximum absolute atomic E-state index is 13.6. The molecule has 41 heavy (non-hydrogen) atoms. The number of nitrogens with one attached hydrogen (secondary N) is 2. The first kappa shape index (κ1) is 30.4. The van der Waals surface area contributed by atoms with Crippen LogP contribution in [0, 0.1) is 6.92 Å². The molecule has 1 aliphatic heterocycles. The van der Waals surface area contributed by atoms with E-state index in [1.807, 2.05) is 39.8 Å². The molecule has 8 heteroatoms. The Hall–Kier alpha value is -3.55. The number of ether oxygens (including phenoxy) is 2. The maximum Gasteiger partial charge on any atom is 0.407 e. The van der Waals surface area contributed by atoms with E-state index < -0.39 is 5.60 Å². The first-order valence-electron chi connectivity index (χ1n) is 14.9. The van der Waals surface area contributed by atoms with Crippen molar-refractivity contribution in [2.75, 3.05) is 18.6 Å². The molecule has 1 aliphatic carbocycles. The van der Waals surface area contributed by atoms with Crippen molar-refractivity contribution < 1.29 is 19.1 Å². The number of benzene rings is 1. The lowest BCUT2D eigenvalue weighted by Gasteiger charge is -2.39. The lowest BCUT2D eigenvalue weighted by atomic mass is 9.89. The number of carbonyl (C=O) groups is 2. The second-order valence-electron chi connectivity index (χ2n) is 12.0. The predicted octanol–water partition coefficient (Wildman–Crippen LogP) is 6.04. The molecular weight excluding hydrogens is 516 g/mol. The highest BCUT2D eigenvalue weighted by atomic mass is 16.6. The van der Waals surface area contributed by atoms with Gasteiger partial charge in [0.15, 0.2) is 0 Å². The number of hydrogen-bond donors (Lipinski definition) is 2. The summed E-state index contributed by atoms with van der Waals surface area (Å²) >= 11 is 0. The fourth-order valence-electron chi connectivity index (χ4n) is 6.04. The normalized spacial score (nSPS) is 20.3. The van der Waals surface area contributed by atoms with Crippen molar-refractivity contribution in [3.8, 4) is 5.88 Å². The molecule has 4 rings (SSSR count). The molecule has 0 radical (unpaired) electrons. The smallest absolute Gasteiger partial charge is 0.407 e. The Morgan fingerprint density at radius 2 is 1.90 bits per heavy atom. The van der Waals surface area contributed by atoms with Crippen LogP contribution in [-0.4, -0.2) is 48.3 Å². The minimum absolute atomic E-state index is 0.0919. The van der Waals surface area contributed by atoms with Gasteiger partial charge in [0, 0.05) is 47.7 Å². The van der Waals surface area contributed by atoms with Crippen molar-refractivity contribution in [3.63, 3.8) is 0 Å². The minimum Gasteiger partial charge on any atom is -0.481 e.